The Hall–Kier alpha value is -1.98. The van der Waals surface area contributed by atoms with Gasteiger partial charge in [-0.15, -0.1) is 0 Å². The molecule has 0 saturated heterocycles. The number of ether oxygens (including phenoxy) is 1. The number of methoxy groups -OCH3 is 1. The number of hydrogen-bond donors (Lipinski definition) is 1. The van der Waals surface area contributed by atoms with E-state index in [4.69, 9.17) is 16.3 Å². The molecule has 0 spiro atoms. The van der Waals surface area contributed by atoms with Gasteiger partial charge in [-0.3, -0.25) is 4.90 Å². The largest absolute Gasteiger partial charge is 0.453 e. The molecule has 0 fully saturated rings. The SMILES string of the molecule is COC(=O)N1CCc2c([nH]c3ccc(Cl)cc23)C1c1cccc(Br)c1. The minimum Gasteiger partial charge on any atom is -0.453 e. The molecule has 2 aromatic carbocycles. The summed E-state index contributed by atoms with van der Waals surface area (Å²) in [7, 11) is 1.42. The maximum Gasteiger partial charge on any atom is 0.410 e. The van der Waals surface area contributed by atoms with Crippen LogP contribution < -0.4 is 0 Å². The molecule has 1 amide bonds. The Morgan fingerprint density at radius 1 is 1.32 bits per heavy atom. The van der Waals surface area contributed by atoms with Crippen molar-refractivity contribution in [3.8, 4) is 0 Å². The Kier molecular flexibility index (Phi) is 4.21. The van der Waals surface area contributed by atoms with Gasteiger partial charge in [-0.25, -0.2) is 4.79 Å². The number of nitrogens with one attached hydrogen (secondary N) is 1. The van der Waals surface area contributed by atoms with E-state index in [1.165, 1.54) is 12.7 Å². The van der Waals surface area contributed by atoms with Gasteiger partial charge < -0.3 is 9.72 Å². The van der Waals surface area contributed by atoms with E-state index in [0.717, 1.165) is 33.1 Å². The van der Waals surface area contributed by atoms with Crippen molar-refractivity contribution in [2.45, 2.75) is 12.5 Å². The number of aromatic amines is 1. The lowest BCUT2D eigenvalue weighted by Gasteiger charge is -2.35. The molecule has 25 heavy (non-hydrogen) atoms. The molecule has 128 valence electrons. The number of aromatic nitrogens is 1. The van der Waals surface area contributed by atoms with Crippen molar-refractivity contribution in [2.75, 3.05) is 13.7 Å². The van der Waals surface area contributed by atoms with Gasteiger partial charge in [-0.2, -0.15) is 0 Å². The number of fused-ring (bicyclic) bond motifs is 3. The van der Waals surface area contributed by atoms with Crippen molar-refractivity contribution >= 4 is 44.5 Å². The lowest BCUT2D eigenvalue weighted by atomic mass is 9.93. The number of hydrogen-bond acceptors (Lipinski definition) is 2. The molecule has 6 heteroatoms. The Bertz CT molecular complexity index is 969. The van der Waals surface area contributed by atoms with Gasteiger partial charge in [0.15, 0.2) is 0 Å². The predicted molar refractivity (Wildman–Crippen MR) is 102 cm³/mol. The zero-order valence-corrected chi connectivity index (χ0v) is 15.9. The topological polar surface area (TPSA) is 45.3 Å². The third kappa shape index (κ3) is 2.81. The summed E-state index contributed by atoms with van der Waals surface area (Å²) in [6.45, 7) is 0.594. The standard InChI is InChI=1S/C19H16BrClN2O2/c1-25-19(24)23-8-7-14-15-10-13(21)5-6-16(15)22-17(14)18(23)11-3-2-4-12(20)9-11/h2-6,9-10,18,22H,7-8H2,1H3. The molecule has 0 aliphatic carbocycles. The number of carbonyl (C=O) groups excluding carboxylic acids is 1. The molecule has 1 N–H and O–H groups in total. The first-order chi connectivity index (χ1) is 12.1. The normalized spacial score (nSPS) is 16.8. The number of nitrogens with zero attached hydrogens (tertiary/aromatic N) is 1. The Morgan fingerprint density at radius 3 is 2.92 bits per heavy atom. The first-order valence-electron chi connectivity index (χ1n) is 7.98. The molecule has 4 nitrogen and oxygen atoms in total. The summed E-state index contributed by atoms with van der Waals surface area (Å²) in [6.07, 6.45) is 0.433. The highest BCUT2D eigenvalue weighted by atomic mass is 79.9. The Morgan fingerprint density at radius 2 is 2.16 bits per heavy atom. The molecule has 1 atom stereocenters. The fourth-order valence-corrected chi connectivity index (χ4v) is 4.19. The molecule has 1 aliphatic heterocycles. The smallest absolute Gasteiger partial charge is 0.410 e. The fraction of sp³-hybridized carbons (Fsp3) is 0.211. The number of amides is 1. The average Bonchev–Trinajstić information content (AvgIpc) is 2.98. The van der Waals surface area contributed by atoms with Gasteiger partial charge in [0.1, 0.15) is 6.04 Å². The van der Waals surface area contributed by atoms with Crippen LogP contribution in [-0.2, 0) is 11.2 Å². The van der Waals surface area contributed by atoms with Gasteiger partial charge in [0.25, 0.3) is 0 Å². The summed E-state index contributed by atoms with van der Waals surface area (Å²) < 4.78 is 5.99. The summed E-state index contributed by atoms with van der Waals surface area (Å²) in [5, 5.41) is 1.83. The molecule has 3 aromatic rings. The molecule has 1 unspecified atom stereocenters. The van der Waals surface area contributed by atoms with Crippen LogP contribution in [0.3, 0.4) is 0 Å². The van der Waals surface area contributed by atoms with Crippen molar-refractivity contribution in [3.05, 3.63) is 68.8 Å². The van der Waals surface area contributed by atoms with Crippen LogP contribution in [0.2, 0.25) is 5.02 Å². The fourth-order valence-electron chi connectivity index (χ4n) is 3.60. The van der Waals surface area contributed by atoms with Crippen LogP contribution in [0, 0.1) is 0 Å². The third-order valence-electron chi connectivity index (χ3n) is 4.66. The number of benzene rings is 2. The Labute approximate surface area is 158 Å². The van der Waals surface area contributed by atoms with Gasteiger partial charge in [-0.1, -0.05) is 39.7 Å². The van der Waals surface area contributed by atoms with E-state index < -0.39 is 0 Å². The van der Waals surface area contributed by atoms with Crippen LogP contribution in [-0.4, -0.2) is 29.6 Å². The van der Waals surface area contributed by atoms with Crippen LogP contribution in [0.1, 0.15) is 22.9 Å². The first-order valence-corrected chi connectivity index (χ1v) is 9.15. The summed E-state index contributed by atoms with van der Waals surface area (Å²) >= 11 is 9.71. The summed E-state index contributed by atoms with van der Waals surface area (Å²) in [5.41, 5.74) is 4.29. The minimum atomic E-state index is -0.327. The zero-order valence-electron chi connectivity index (χ0n) is 13.6. The van der Waals surface area contributed by atoms with Crippen LogP contribution in [0.5, 0.6) is 0 Å². The van der Waals surface area contributed by atoms with Crippen LogP contribution in [0.25, 0.3) is 10.9 Å². The molecule has 0 bridgehead atoms. The molecule has 0 saturated carbocycles. The van der Waals surface area contributed by atoms with E-state index in [-0.39, 0.29) is 12.1 Å². The second-order valence-corrected chi connectivity index (χ2v) is 7.43. The predicted octanol–water partition coefficient (Wildman–Crippen LogP) is 5.30. The third-order valence-corrected chi connectivity index (χ3v) is 5.39. The Balaban J connectivity index is 1.93. The van der Waals surface area contributed by atoms with Crippen LogP contribution in [0.4, 0.5) is 4.79 Å². The first kappa shape index (κ1) is 16.5. The van der Waals surface area contributed by atoms with Crippen molar-refractivity contribution in [1.82, 2.24) is 9.88 Å². The molecule has 2 heterocycles. The molecule has 0 radical (unpaired) electrons. The van der Waals surface area contributed by atoms with Crippen molar-refractivity contribution in [2.24, 2.45) is 0 Å². The van der Waals surface area contributed by atoms with Gasteiger partial charge in [0.05, 0.1) is 7.11 Å². The van der Waals surface area contributed by atoms with E-state index in [2.05, 4.69) is 20.9 Å². The van der Waals surface area contributed by atoms with Gasteiger partial charge >= 0.3 is 6.09 Å². The van der Waals surface area contributed by atoms with Crippen molar-refractivity contribution in [1.29, 1.82) is 0 Å². The summed E-state index contributed by atoms with van der Waals surface area (Å²) in [5.74, 6) is 0. The van der Waals surface area contributed by atoms with E-state index >= 15 is 0 Å². The second-order valence-electron chi connectivity index (χ2n) is 6.08. The molecular weight excluding hydrogens is 404 g/mol. The number of rotatable bonds is 1. The molecular formula is C19H16BrClN2O2. The van der Waals surface area contributed by atoms with Crippen molar-refractivity contribution < 1.29 is 9.53 Å². The van der Waals surface area contributed by atoms with E-state index in [0.29, 0.717) is 11.6 Å². The van der Waals surface area contributed by atoms with Gasteiger partial charge in [0.2, 0.25) is 0 Å². The molecule has 1 aliphatic rings. The lowest BCUT2D eigenvalue weighted by molar-refractivity contribution is 0.108. The van der Waals surface area contributed by atoms with Gasteiger partial charge in [0, 0.05) is 32.6 Å². The van der Waals surface area contributed by atoms with E-state index in [9.17, 15) is 4.79 Å². The molecule has 1 aromatic heterocycles. The number of halogens is 2. The number of carbonyl (C=O) groups is 1. The van der Waals surface area contributed by atoms with Gasteiger partial charge in [-0.05, 0) is 47.9 Å². The highest BCUT2D eigenvalue weighted by Crippen LogP contribution is 2.39. The second kappa shape index (κ2) is 6.39. The maximum absolute atomic E-state index is 12.4. The lowest BCUT2D eigenvalue weighted by Crippen LogP contribution is -2.40. The number of H-pyrrole nitrogens is 1. The van der Waals surface area contributed by atoms with Crippen molar-refractivity contribution in [3.63, 3.8) is 0 Å². The minimum absolute atomic E-state index is 0.222. The highest BCUT2D eigenvalue weighted by molar-refractivity contribution is 9.10. The monoisotopic (exact) mass is 418 g/mol. The quantitative estimate of drug-likeness (QED) is 0.582. The summed E-state index contributed by atoms with van der Waals surface area (Å²) in [4.78, 5) is 17.6. The zero-order chi connectivity index (χ0) is 17.6. The van der Waals surface area contributed by atoms with E-state index in [1.54, 1.807) is 4.90 Å². The summed E-state index contributed by atoms with van der Waals surface area (Å²) in [6, 6.07) is 13.6. The van der Waals surface area contributed by atoms with Crippen LogP contribution >= 0.6 is 27.5 Å². The highest BCUT2D eigenvalue weighted by Gasteiger charge is 2.35. The molecule has 4 rings (SSSR count). The van der Waals surface area contributed by atoms with Crippen LogP contribution in [0.15, 0.2) is 46.9 Å². The van der Waals surface area contributed by atoms with E-state index in [1.807, 2.05) is 42.5 Å². The maximum atomic E-state index is 12.4. The average molecular weight is 420 g/mol.